The summed E-state index contributed by atoms with van der Waals surface area (Å²) in [5.41, 5.74) is 1.93. The van der Waals surface area contributed by atoms with Gasteiger partial charge in [0.1, 0.15) is 5.69 Å². The normalized spacial score (nSPS) is 18.9. The summed E-state index contributed by atoms with van der Waals surface area (Å²) in [5.74, 6) is 0.345. The Morgan fingerprint density at radius 2 is 2.37 bits per heavy atom. The largest absolute Gasteiger partial charge is 0.381 e. The summed E-state index contributed by atoms with van der Waals surface area (Å²) < 4.78 is 7.42. The SMILES string of the molecule is CN(C)CCCn1nnc(CC#N)c1C1CCOC1. The quantitative estimate of drug-likeness (QED) is 0.759. The summed E-state index contributed by atoms with van der Waals surface area (Å²) in [6.45, 7) is 3.38. The number of rotatable bonds is 6. The van der Waals surface area contributed by atoms with E-state index in [2.05, 4.69) is 35.4 Å². The third-order valence-corrected chi connectivity index (χ3v) is 3.39. The van der Waals surface area contributed by atoms with Crippen molar-refractivity contribution >= 4 is 0 Å². The van der Waals surface area contributed by atoms with Gasteiger partial charge in [0.15, 0.2) is 0 Å². The molecule has 1 atom stereocenters. The van der Waals surface area contributed by atoms with Gasteiger partial charge in [0, 0.05) is 19.1 Å². The van der Waals surface area contributed by atoms with Crippen LogP contribution in [0.5, 0.6) is 0 Å². The first kappa shape index (κ1) is 14.0. The Balaban J connectivity index is 2.10. The van der Waals surface area contributed by atoms with E-state index in [-0.39, 0.29) is 0 Å². The average molecular weight is 263 g/mol. The molecule has 2 heterocycles. The number of nitrogens with zero attached hydrogens (tertiary/aromatic N) is 5. The van der Waals surface area contributed by atoms with Gasteiger partial charge in [-0.3, -0.25) is 0 Å². The fourth-order valence-corrected chi connectivity index (χ4v) is 2.46. The lowest BCUT2D eigenvalue weighted by molar-refractivity contribution is 0.193. The van der Waals surface area contributed by atoms with Crippen molar-refractivity contribution in [2.75, 3.05) is 33.9 Å². The van der Waals surface area contributed by atoms with Crippen LogP contribution in [0.15, 0.2) is 0 Å². The second kappa shape index (κ2) is 6.64. The van der Waals surface area contributed by atoms with Crippen molar-refractivity contribution < 1.29 is 4.74 Å². The van der Waals surface area contributed by atoms with Gasteiger partial charge < -0.3 is 9.64 Å². The monoisotopic (exact) mass is 263 g/mol. The maximum Gasteiger partial charge on any atom is 0.100 e. The summed E-state index contributed by atoms with van der Waals surface area (Å²) in [7, 11) is 4.13. The molecule has 2 rings (SSSR count). The van der Waals surface area contributed by atoms with Crippen molar-refractivity contribution in [2.45, 2.75) is 31.7 Å². The Morgan fingerprint density at radius 3 is 3.00 bits per heavy atom. The number of hydrogen-bond acceptors (Lipinski definition) is 5. The molecule has 0 spiro atoms. The van der Waals surface area contributed by atoms with E-state index >= 15 is 0 Å². The third kappa shape index (κ3) is 3.52. The molecule has 1 aliphatic heterocycles. The number of ether oxygens (including phenoxy) is 1. The van der Waals surface area contributed by atoms with Crippen LogP contribution in [0.3, 0.4) is 0 Å². The molecular weight excluding hydrogens is 242 g/mol. The van der Waals surface area contributed by atoms with Crippen LogP contribution in [-0.4, -0.2) is 53.7 Å². The first-order valence-corrected chi connectivity index (χ1v) is 6.74. The second-order valence-corrected chi connectivity index (χ2v) is 5.20. The fraction of sp³-hybridized carbons (Fsp3) is 0.769. The number of nitriles is 1. The summed E-state index contributed by atoms with van der Waals surface area (Å²) in [4.78, 5) is 2.16. The van der Waals surface area contributed by atoms with Gasteiger partial charge in [0.05, 0.1) is 24.8 Å². The Morgan fingerprint density at radius 1 is 1.53 bits per heavy atom. The molecule has 19 heavy (non-hydrogen) atoms. The molecule has 0 saturated carbocycles. The molecule has 1 unspecified atom stereocenters. The van der Waals surface area contributed by atoms with E-state index in [1.54, 1.807) is 0 Å². The van der Waals surface area contributed by atoms with Crippen molar-refractivity contribution in [3.05, 3.63) is 11.4 Å². The molecule has 0 amide bonds. The Kier molecular flexibility index (Phi) is 4.88. The number of hydrogen-bond donors (Lipinski definition) is 0. The first-order chi connectivity index (χ1) is 9.22. The van der Waals surface area contributed by atoms with E-state index in [9.17, 15) is 0 Å². The third-order valence-electron chi connectivity index (χ3n) is 3.39. The molecule has 1 fully saturated rings. The van der Waals surface area contributed by atoms with E-state index in [1.165, 1.54) is 0 Å². The highest BCUT2D eigenvalue weighted by atomic mass is 16.5. The Hall–Kier alpha value is -1.45. The van der Waals surface area contributed by atoms with Crippen LogP contribution in [0.1, 0.15) is 30.1 Å². The van der Waals surface area contributed by atoms with Gasteiger partial charge in [0.2, 0.25) is 0 Å². The van der Waals surface area contributed by atoms with Crippen LogP contribution in [-0.2, 0) is 17.7 Å². The van der Waals surface area contributed by atoms with Gasteiger partial charge in [-0.25, -0.2) is 4.68 Å². The average Bonchev–Trinajstić information content (AvgIpc) is 2.98. The lowest BCUT2D eigenvalue weighted by Gasteiger charge is -2.13. The molecule has 0 bridgehead atoms. The highest BCUT2D eigenvalue weighted by Gasteiger charge is 2.26. The molecule has 104 valence electrons. The maximum atomic E-state index is 8.88. The smallest absolute Gasteiger partial charge is 0.100 e. The number of aromatic nitrogens is 3. The van der Waals surface area contributed by atoms with Crippen molar-refractivity contribution in [3.8, 4) is 6.07 Å². The predicted molar refractivity (Wildman–Crippen MR) is 70.7 cm³/mol. The molecule has 1 saturated heterocycles. The van der Waals surface area contributed by atoms with E-state index in [0.29, 0.717) is 12.3 Å². The van der Waals surface area contributed by atoms with Gasteiger partial charge in [-0.1, -0.05) is 5.21 Å². The molecule has 1 aromatic rings. The highest BCUT2D eigenvalue weighted by molar-refractivity contribution is 5.20. The molecule has 0 radical (unpaired) electrons. The lowest BCUT2D eigenvalue weighted by atomic mass is 10.0. The maximum absolute atomic E-state index is 8.88. The van der Waals surface area contributed by atoms with Crippen molar-refractivity contribution in [1.82, 2.24) is 19.9 Å². The molecule has 6 heteroatoms. The van der Waals surface area contributed by atoms with Crippen LogP contribution in [0.25, 0.3) is 0 Å². The molecule has 6 nitrogen and oxygen atoms in total. The van der Waals surface area contributed by atoms with Crippen LogP contribution in [0.2, 0.25) is 0 Å². The minimum atomic E-state index is 0.333. The highest BCUT2D eigenvalue weighted by Crippen LogP contribution is 2.27. The molecular formula is C13H21N5O. The van der Waals surface area contributed by atoms with Crippen LogP contribution in [0, 0.1) is 11.3 Å². The standard InChI is InChI=1S/C13H21N5O/c1-17(2)7-3-8-18-13(11-5-9-19-10-11)12(4-6-14)15-16-18/h11H,3-5,7-10H2,1-2H3. The van der Waals surface area contributed by atoms with Gasteiger partial charge in [-0.05, 0) is 33.5 Å². The van der Waals surface area contributed by atoms with Crippen molar-refractivity contribution in [3.63, 3.8) is 0 Å². The first-order valence-electron chi connectivity index (χ1n) is 6.74. The zero-order chi connectivity index (χ0) is 13.7. The second-order valence-electron chi connectivity index (χ2n) is 5.20. The van der Waals surface area contributed by atoms with E-state index in [0.717, 1.165) is 50.5 Å². The van der Waals surface area contributed by atoms with Crippen molar-refractivity contribution in [1.29, 1.82) is 5.26 Å². The van der Waals surface area contributed by atoms with Gasteiger partial charge in [-0.2, -0.15) is 5.26 Å². The van der Waals surface area contributed by atoms with E-state index < -0.39 is 0 Å². The summed E-state index contributed by atoms with van der Waals surface area (Å²) in [6, 6.07) is 2.17. The van der Waals surface area contributed by atoms with Crippen LogP contribution < -0.4 is 0 Å². The number of aryl methyl sites for hydroxylation is 1. The topological polar surface area (TPSA) is 67.0 Å². The minimum Gasteiger partial charge on any atom is -0.381 e. The molecule has 1 aliphatic rings. The van der Waals surface area contributed by atoms with E-state index in [4.69, 9.17) is 10.00 Å². The molecule has 0 aromatic carbocycles. The minimum absolute atomic E-state index is 0.333. The summed E-state index contributed by atoms with van der Waals surface area (Å²) in [6.07, 6.45) is 2.36. The Labute approximate surface area is 114 Å². The van der Waals surface area contributed by atoms with Crippen LogP contribution >= 0.6 is 0 Å². The van der Waals surface area contributed by atoms with Crippen molar-refractivity contribution in [2.24, 2.45) is 0 Å². The Bertz CT molecular complexity index is 442. The summed E-state index contributed by atoms with van der Waals surface area (Å²) >= 11 is 0. The summed E-state index contributed by atoms with van der Waals surface area (Å²) in [5, 5.41) is 17.3. The molecule has 0 N–H and O–H groups in total. The zero-order valence-corrected chi connectivity index (χ0v) is 11.7. The van der Waals surface area contributed by atoms with Crippen LogP contribution in [0.4, 0.5) is 0 Å². The predicted octanol–water partition coefficient (Wildman–Crippen LogP) is 0.800. The fourth-order valence-electron chi connectivity index (χ4n) is 2.46. The van der Waals surface area contributed by atoms with Gasteiger partial charge >= 0.3 is 0 Å². The molecule has 0 aliphatic carbocycles. The van der Waals surface area contributed by atoms with E-state index in [1.807, 2.05) is 4.68 Å². The van der Waals surface area contributed by atoms with Gasteiger partial charge in [0.25, 0.3) is 0 Å². The van der Waals surface area contributed by atoms with Gasteiger partial charge in [-0.15, -0.1) is 5.10 Å². The molecule has 1 aromatic heterocycles. The lowest BCUT2D eigenvalue weighted by Crippen LogP contribution is -2.17. The zero-order valence-electron chi connectivity index (χ0n) is 11.7.